The first-order chi connectivity index (χ1) is 16.0. The molecule has 3 aromatic rings. The molecule has 0 saturated carbocycles. The zero-order chi connectivity index (χ0) is 23.6. The first-order valence-electron chi connectivity index (χ1n) is 10.7. The van der Waals surface area contributed by atoms with Gasteiger partial charge in [-0.05, 0) is 31.0 Å². The van der Waals surface area contributed by atoms with E-state index in [4.69, 9.17) is 9.15 Å². The van der Waals surface area contributed by atoms with Gasteiger partial charge in [0.15, 0.2) is 0 Å². The molecule has 10 nitrogen and oxygen atoms in total. The highest BCUT2D eigenvalue weighted by atomic mass is 16.6. The number of nitrogens with zero attached hydrogens (tertiary/aromatic N) is 5. The molecular weight excluding hydrogens is 426 g/mol. The van der Waals surface area contributed by atoms with Gasteiger partial charge in [-0.15, -0.1) is 0 Å². The van der Waals surface area contributed by atoms with E-state index in [9.17, 15) is 14.9 Å². The van der Waals surface area contributed by atoms with Crippen molar-refractivity contribution in [2.75, 3.05) is 36.5 Å². The second-order valence-electron chi connectivity index (χ2n) is 7.34. The Hall–Kier alpha value is -3.95. The summed E-state index contributed by atoms with van der Waals surface area (Å²) in [5.41, 5.74) is 0.902. The molecule has 0 N–H and O–H groups in total. The maximum atomic E-state index is 12.1. The second kappa shape index (κ2) is 11.6. The molecule has 0 atom stereocenters. The first-order valence-corrected chi connectivity index (χ1v) is 10.7. The van der Waals surface area contributed by atoms with Gasteiger partial charge in [-0.2, -0.15) is 0 Å². The van der Waals surface area contributed by atoms with Crippen LogP contribution in [0.15, 0.2) is 59.5 Å². The Kier molecular flexibility index (Phi) is 8.34. The summed E-state index contributed by atoms with van der Waals surface area (Å²) in [4.78, 5) is 35.4. The maximum Gasteiger partial charge on any atom is 0.353 e. The van der Waals surface area contributed by atoms with Crippen molar-refractivity contribution in [3.05, 3.63) is 76.5 Å². The molecule has 10 heteroatoms. The molecule has 0 aliphatic rings. The zero-order valence-corrected chi connectivity index (χ0v) is 18.7. The predicted octanol–water partition coefficient (Wildman–Crippen LogP) is 3.62. The van der Waals surface area contributed by atoms with Crippen molar-refractivity contribution in [2.45, 2.75) is 26.3 Å². The van der Waals surface area contributed by atoms with Crippen molar-refractivity contribution in [1.82, 2.24) is 9.97 Å². The number of furan rings is 1. The molecule has 0 aliphatic carbocycles. The second-order valence-corrected chi connectivity index (χ2v) is 7.34. The Morgan fingerprint density at radius 3 is 2.55 bits per heavy atom. The van der Waals surface area contributed by atoms with Crippen molar-refractivity contribution in [1.29, 1.82) is 0 Å². The minimum Gasteiger partial charge on any atom is -0.467 e. The van der Waals surface area contributed by atoms with Gasteiger partial charge in [-0.3, -0.25) is 14.9 Å². The van der Waals surface area contributed by atoms with Gasteiger partial charge in [0, 0.05) is 20.1 Å². The number of hydrogen-bond donors (Lipinski definition) is 0. The van der Waals surface area contributed by atoms with E-state index in [1.54, 1.807) is 35.9 Å². The van der Waals surface area contributed by atoms with E-state index in [0.717, 1.165) is 5.56 Å². The molecule has 0 amide bonds. The number of likely N-dealkylation sites (N-methyl/N-ethyl adjacent to an activating group) is 1. The van der Waals surface area contributed by atoms with Crippen LogP contribution in [0.1, 0.15) is 24.7 Å². The van der Waals surface area contributed by atoms with E-state index in [-0.39, 0.29) is 49.4 Å². The topological polar surface area (TPSA) is 115 Å². The molecule has 0 fully saturated rings. The minimum absolute atomic E-state index is 0.0505. The smallest absolute Gasteiger partial charge is 0.353 e. The lowest BCUT2D eigenvalue weighted by Crippen LogP contribution is -2.29. The molecule has 0 saturated heterocycles. The minimum atomic E-state index is -0.483. The third-order valence-electron chi connectivity index (χ3n) is 5.02. The van der Waals surface area contributed by atoms with Gasteiger partial charge in [0.25, 0.3) is 0 Å². The standard InChI is InChI=1S/C23H27N5O5/c1-3-32-20(29)12-14-27(16-19-10-7-15-33-19)23-21(28(30)31)22(24-17-25-23)26(2)13-11-18-8-5-4-6-9-18/h4-10,15,17H,3,11-14,16H2,1-2H3. The van der Waals surface area contributed by atoms with E-state index in [0.29, 0.717) is 18.7 Å². The number of hydrogen-bond acceptors (Lipinski definition) is 9. The van der Waals surface area contributed by atoms with Gasteiger partial charge in [0.2, 0.25) is 11.6 Å². The van der Waals surface area contributed by atoms with Crippen LogP contribution in [-0.4, -0.2) is 47.6 Å². The highest BCUT2D eigenvalue weighted by molar-refractivity contribution is 5.73. The van der Waals surface area contributed by atoms with Crippen molar-refractivity contribution in [3.8, 4) is 0 Å². The Morgan fingerprint density at radius 2 is 1.88 bits per heavy atom. The summed E-state index contributed by atoms with van der Waals surface area (Å²) in [6.45, 7) is 2.90. The molecule has 0 unspecified atom stereocenters. The zero-order valence-electron chi connectivity index (χ0n) is 18.7. The van der Waals surface area contributed by atoms with E-state index in [1.807, 2.05) is 30.3 Å². The number of carbonyl (C=O) groups excluding carboxylic acids is 1. The molecule has 3 rings (SSSR count). The fourth-order valence-electron chi connectivity index (χ4n) is 3.39. The van der Waals surface area contributed by atoms with Crippen LogP contribution < -0.4 is 9.80 Å². The molecule has 174 valence electrons. The SMILES string of the molecule is CCOC(=O)CCN(Cc1ccco1)c1ncnc(N(C)CCc2ccccc2)c1[N+](=O)[O-]. The van der Waals surface area contributed by atoms with Crippen molar-refractivity contribution in [2.24, 2.45) is 0 Å². The van der Waals surface area contributed by atoms with Gasteiger partial charge in [-0.25, -0.2) is 9.97 Å². The molecule has 0 bridgehead atoms. The lowest BCUT2D eigenvalue weighted by molar-refractivity contribution is -0.383. The van der Waals surface area contributed by atoms with Gasteiger partial charge in [0.1, 0.15) is 12.1 Å². The largest absolute Gasteiger partial charge is 0.467 e. The Morgan fingerprint density at radius 1 is 1.12 bits per heavy atom. The number of ether oxygens (including phenoxy) is 1. The van der Waals surface area contributed by atoms with Gasteiger partial charge < -0.3 is 19.0 Å². The molecular formula is C23H27N5O5. The summed E-state index contributed by atoms with van der Waals surface area (Å²) in [6.07, 6.45) is 3.58. The lowest BCUT2D eigenvalue weighted by Gasteiger charge is -2.24. The van der Waals surface area contributed by atoms with Gasteiger partial charge in [-0.1, -0.05) is 30.3 Å². The summed E-state index contributed by atoms with van der Waals surface area (Å²) in [6, 6.07) is 13.4. The van der Waals surface area contributed by atoms with Crippen LogP contribution in [0, 0.1) is 10.1 Å². The number of benzene rings is 1. The monoisotopic (exact) mass is 453 g/mol. The summed E-state index contributed by atoms with van der Waals surface area (Å²) in [5.74, 6) is 0.531. The van der Waals surface area contributed by atoms with Crippen molar-refractivity contribution < 1.29 is 18.9 Å². The third-order valence-corrected chi connectivity index (χ3v) is 5.02. The van der Waals surface area contributed by atoms with Crippen LogP contribution in [0.4, 0.5) is 17.3 Å². The average Bonchev–Trinajstić information content (AvgIpc) is 3.33. The number of carbonyl (C=O) groups is 1. The molecule has 2 heterocycles. The molecule has 0 radical (unpaired) electrons. The maximum absolute atomic E-state index is 12.1. The number of anilines is 2. The third kappa shape index (κ3) is 6.52. The molecule has 1 aromatic carbocycles. The van der Waals surface area contributed by atoms with Crippen LogP contribution in [-0.2, 0) is 22.5 Å². The first kappa shape index (κ1) is 23.7. The molecule has 33 heavy (non-hydrogen) atoms. The van der Waals surface area contributed by atoms with E-state index in [2.05, 4.69) is 9.97 Å². The summed E-state index contributed by atoms with van der Waals surface area (Å²) < 4.78 is 10.4. The highest BCUT2D eigenvalue weighted by Gasteiger charge is 2.29. The molecule has 0 spiro atoms. The molecule has 0 aliphatic heterocycles. The van der Waals surface area contributed by atoms with Gasteiger partial charge >= 0.3 is 11.7 Å². The normalized spacial score (nSPS) is 10.6. The van der Waals surface area contributed by atoms with Crippen LogP contribution in [0.3, 0.4) is 0 Å². The Balaban J connectivity index is 1.88. The Labute approximate surface area is 192 Å². The number of aromatic nitrogens is 2. The van der Waals surface area contributed by atoms with Gasteiger partial charge in [0.05, 0.1) is 30.8 Å². The number of esters is 1. The summed E-state index contributed by atoms with van der Waals surface area (Å²) >= 11 is 0. The van der Waals surface area contributed by atoms with E-state index >= 15 is 0 Å². The van der Waals surface area contributed by atoms with Crippen LogP contribution >= 0.6 is 0 Å². The highest BCUT2D eigenvalue weighted by Crippen LogP contribution is 2.34. The number of nitro groups is 1. The summed E-state index contributed by atoms with van der Waals surface area (Å²) in [7, 11) is 1.76. The van der Waals surface area contributed by atoms with E-state index in [1.165, 1.54) is 12.6 Å². The number of rotatable bonds is 12. The van der Waals surface area contributed by atoms with Crippen LogP contribution in [0.2, 0.25) is 0 Å². The predicted molar refractivity (Wildman–Crippen MR) is 123 cm³/mol. The fourth-order valence-corrected chi connectivity index (χ4v) is 3.39. The fraction of sp³-hybridized carbons (Fsp3) is 0.348. The van der Waals surface area contributed by atoms with E-state index < -0.39 is 4.92 Å². The lowest BCUT2D eigenvalue weighted by atomic mass is 10.1. The van der Waals surface area contributed by atoms with Crippen molar-refractivity contribution >= 4 is 23.3 Å². The Bertz CT molecular complexity index is 1040. The van der Waals surface area contributed by atoms with Crippen LogP contribution in [0.5, 0.6) is 0 Å². The quantitative estimate of drug-likeness (QED) is 0.230. The average molecular weight is 453 g/mol. The summed E-state index contributed by atoms with van der Waals surface area (Å²) in [5, 5.41) is 12.1. The van der Waals surface area contributed by atoms with Crippen LogP contribution in [0.25, 0.3) is 0 Å². The van der Waals surface area contributed by atoms with Crippen molar-refractivity contribution in [3.63, 3.8) is 0 Å². The molecule has 2 aromatic heterocycles.